The smallest absolute Gasteiger partial charge is 0.288 e. The predicted octanol–water partition coefficient (Wildman–Crippen LogP) is -0.318. The monoisotopic (exact) mass is 247 g/mol. The van der Waals surface area contributed by atoms with E-state index >= 15 is 0 Å². The highest BCUT2D eigenvalue weighted by molar-refractivity contribution is 5.76. The first-order chi connectivity index (χ1) is 8.74. The molecule has 0 unspecified atom stereocenters. The molecular formula is C11H13N5O2. The van der Waals surface area contributed by atoms with Crippen LogP contribution < -0.4 is 15.5 Å². The molecule has 0 spiro atoms. The van der Waals surface area contributed by atoms with Gasteiger partial charge in [0.25, 0.3) is 11.5 Å². The number of hydrogen-bond donors (Lipinski definition) is 1. The van der Waals surface area contributed by atoms with Crippen LogP contribution >= 0.6 is 0 Å². The van der Waals surface area contributed by atoms with E-state index < -0.39 is 0 Å². The van der Waals surface area contributed by atoms with Crippen molar-refractivity contribution < 1.29 is 9.58 Å². The Morgan fingerprint density at radius 3 is 2.89 bits per heavy atom. The molecule has 0 atom stereocenters. The number of morpholine rings is 1. The predicted molar refractivity (Wildman–Crippen MR) is 65.9 cm³/mol. The lowest BCUT2D eigenvalue weighted by molar-refractivity contribution is -0.641. The molecule has 2 N–H and O–H groups in total. The third-order valence-corrected chi connectivity index (χ3v) is 2.97. The SMILES string of the molecule is Nc1nc2cc(N3CCOCC3)ccc2[n+]([O-])n1. The van der Waals surface area contributed by atoms with E-state index in [-0.39, 0.29) is 5.95 Å². The molecule has 7 nitrogen and oxygen atoms in total. The number of benzene rings is 1. The van der Waals surface area contributed by atoms with E-state index in [1.807, 2.05) is 12.1 Å². The summed E-state index contributed by atoms with van der Waals surface area (Å²) in [5.41, 5.74) is 7.47. The van der Waals surface area contributed by atoms with Crippen LogP contribution in [0.3, 0.4) is 0 Å². The fourth-order valence-corrected chi connectivity index (χ4v) is 2.07. The van der Waals surface area contributed by atoms with E-state index in [0.29, 0.717) is 29.1 Å². The van der Waals surface area contributed by atoms with Crippen LogP contribution in [0, 0.1) is 5.21 Å². The molecule has 0 aliphatic carbocycles. The summed E-state index contributed by atoms with van der Waals surface area (Å²) in [6.07, 6.45) is 0. The van der Waals surface area contributed by atoms with Gasteiger partial charge >= 0.3 is 0 Å². The summed E-state index contributed by atoms with van der Waals surface area (Å²) in [7, 11) is 0. The Morgan fingerprint density at radius 2 is 2.11 bits per heavy atom. The van der Waals surface area contributed by atoms with Gasteiger partial charge in [0, 0.05) is 24.8 Å². The molecule has 1 fully saturated rings. The highest BCUT2D eigenvalue weighted by Gasteiger charge is 2.15. The molecular weight excluding hydrogens is 234 g/mol. The molecule has 0 radical (unpaired) electrons. The van der Waals surface area contributed by atoms with Crippen molar-refractivity contribution in [3.8, 4) is 0 Å². The standard InChI is InChI=1S/C11H13N5O2/c12-11-13-9-7-8(15-3-5-18-6-4-15)1-2-10(9)16(17)14-11/h1-2,7H,3-6H2,(H2,12,13,14). The second kappa shape index (κ2) is 4.26. The zero-order valence-corrected chi connectivity index (χ0v) is 9.74. The average molecular weight is 247 g/mol. The second-order valence-electron chi connectivity index (χ2n) is 4.12. The van der Waals surface area contributed by atoms with E-state index in [0.717, 1.165) is 18.8 Å². The molecule has 0 saturated carbocycles. The molecule has 1 aromatic carbocycles. The van der Waals surface area contributed by atoms with Gasteiger partial charge < -0.3 is 20.6 Å². The fraction of sp³-hybridized carbons (Fsp3) is 0.364. The number of nitrogens with two attached hydrogens (primary N) is 1. The average Bonchev–Trinajstić information content (AvgIpc) is 2.39. The van der Waals surface area contributed by atoms with Gasteiger partial charge in [-0.25, -0.2) is 4.98 Å². The Hall–Kier alpha value is -2.15. The van der Waals surface area contributed by atoms with Crippen LogP contribution in [0.25, 0.3) is 11.0 Å². The molecule has 1 aromatic heterocycles. The van der Waals surface area contributed by atoms with Gasteiger partial charge in [-0.15, -0.1) is 0 Å². The summed E-state index contributed by atoms with van der Waals surface area (Å²) in [5.74, 6) is -0.0170. The minimum Gasteiger partial charge on any atom is -0.594 e. The lowest BCUT2D eigenvalue weighted by atomic mass is 10.2. The number of fused-ring (bicyclic) bond motifs is 1. The summed E-state index contributed by atoms with van der Waals surface area (Å²) in [4.78, 5) is 6.77. The van der Waals surface area contributed by atoms with Crippen molar-refractivity contribution >= 4 is 22.7 Å². The van der Waals surface area contributed by atoms with Gasteiger partial charge in [-0.05, 0) is 17.0 Å². The minimum absolute atomic E-state index is 0.0170. The van der Waals surface area contributed by atoms with Crippen molar-refractivity contribution in [1.82, 2.24) is 10.1 Å². The van der Waals surface area contributed by atoms with E-state index in [1.165, 1.54) is 0 Å². The largest absolute Gasteiger partial charge is 0.594 e. The van der Waals surface area contributed by atoms with Crippen molar-refractivity contribution in [1.29, 1.82) is 0 Å². The lowest BCUT2D eigenvalue weighted by Gasteiger charge is -2.28. The highest BCUT2D eigenvalue weighted by Crippen LogP contribution is 2.20. The van der Waals surface area contributed by atoms with Crippen LogP contribution in [0.15, 0.2) is 18.2 Å². The quantitative estimate of drug-likeness (QED) is 0.548. The van der Waals surface area contributed by atoms with Crippen LogP contribution in [0.5, 0.6) is 0 Å². The van der Waals surface area contributed by atoms with Crippen molar-refractivity contribution in [3.05, 3.63) is 23.4 Å². The second-order valence-corrected chi connectivity index (χ2v) is 4.12. The van der Waals surface area contributed by atoms with Crippen LogP contribution in [-0.4, -0.2) is 36.4 Å². The Kier molecular flexibility index (Phi) is 2.60. The number of nitrogen functional groups attached to an aromatic ring is 1. The molecule has 1 saturated heterocycles. The Bertz CT molecular complexity index is 583. The van der Waals surface area contributed by atoms with Crippen molar-refractivity contribution in [2.45, 2.75) is 0 Å². The number of nitrogens with zero attached hydrogens (tertiary/aromatic N) is 4. The number of rotatable bonds is 1. The number of ether oxygens (including phenoxy) is 1. The Morgan fingerprint density at radius 1 is 1.33 bits per heavy atom. The fourth-order valence-electron chi connectivity index (χ4n) is 2.07. The third kappa shape index (κ3) is 1.88. The molecule has 94 valence electrons. The number of hydrogen-bond acceptors (Lipinski definition) is 6. The Balaban J connectivity index is 2.04. The summed E-state index contributed by atoms with van der Waals surface area (Å²) in [6.45, 7) is 3.10. The van der Waals surface area contributed by atoms with E-state index in [4.69, 9.17) is 10.5 Å². The molecule has 7 heteroatoms. The maximum atomic E-state index is 11.5. The van der Waals surface area contributed by atoms with Crippen LogP contribution in [0.2, 0.25) is 0 Å². The zero-order valence-electron chi connectivity index (χ0n) is 9.74. The van der Waals surface area contributed by atoms with Crippen LogP contribution in [0.1, 0.15) is 0 Å². The summed E-state index contributed by atoms with van der Waals surface area (Å²) >= 11 is 0. The normalized spacial score (nSPS) is 16.1. The van der Waals surface area contributed by atoms with Gasteiger partial charge in [-0.2, -0.15) is 0 Å². The first-order valence-corrected chi connectivity index (χ1v) is 5.74. The zero-order chi connectivity index (χ0) is 12.5. The summed E-state index contributed by atoms with van der Waals surface area (Å²) in [6, 6.07) is 5.46. The molecule has 0 bridgehead atoms. The minimum atomic E-state index is -0.0170. The summed E-state index contributed by atoms with van der Waals surface area (Å²) in [5, 5.41) is 15.1. The molecule has 2 aromatic rings. The molecule has 0 amide bonds. The maximum Gasteiger partial charge on any atom is 0.288 e. The molecule has 1 aliphatic heterocycles. The van der Waals surface area contributed by atoms with Crippen LogP contribution in [0.4, 0.5) is 11.6 Å². The topological polar surface area (TPSA) is 91.2 Å². The molecule has 2 heterocycles. The van der Waals surface area contributed by atoms with Crippen molar-refractivity contribution in [2.75, 3.05) is 36.9 Å². The maximum absolute atomic E-state index is 11.5. The van der Waals surface area contributed by atoms with Gasteiger partial charge in [-0.1, -0.05) is 0 Å². The lowest BCUT2D eigenvalue weighted by Crippen LogP contribution is -2.36. The van der Waals surface area contributed by atoms with Gasteiger partial charge in [0.05, 0.1) is 18.3 Å². The van der Waals surface area contributed by atoms with Gasteiger partial charge in [-0.3, -0.25) is 0 Å². The highest BCUT2D eigenvalue weighted by atomic mass is 16.5. The molecule has 1 aliphatic rings. The van der Waals surface area contributed by atoms with Gasteiger partial charge in [0.15, 0.2) is 0 Å². The molecule has 3 rings (SSSR count). The van der Waals surface area contributed by atoms with E-state index in [1.54, 1.807) is 6.07 Å². The number of anilines is 2. The Labute approximate surface area is 103 Å². The third-order valence-electron chi connectivity index (χ3n) is 2.97. The van der Waals surface area contributed by atoms with E-state index in [9.17, 15) is 5.21 Å². The van der Waals surface area contributed by atoms with Crippen molar-refractivity contribution in [3.63, 3.8) is 0 Å². The first-order valence-electron chi connectivity index (χ1n) is 5.74. The van der Waals surface area contributed by atoms with Gasteiger partial charge in [0.1, 0.15) is 5.52 Å². The van der Waals surface area contributed by atoms with E-state index in [2.05, 4.69) is 15.0 Å². The van der Waals surface area contributed by atoms with Gasteiger partial charge in [0.2, 0.25) is 0 Å². The van der Waals surface area contributed by atoms with Crippen molar-refractivity contribution in [2.24, 2.45) is 0 Å². The van der Waals surface area contributed by atoms with Crippen LogP contribution in [-0.2, 0) is 4.74 Å². The first kappa shape index (κ1) is 11.0. The number of aromatic nitrogens is 3. The molecule has 18 heavy (non-hydrogen) atoms. The summed E-state index contributed by atoms with van der Waals surface area (Å²) < 4.78 is 5.31.